The topological polar surface area (TPSA) is 81.0 Å². The van der Waals surface area contributed by atoms with Crippen LogP contribution in [0.3, 0.4) is 0 Å². The molecule has 3 heterocycles. The highest BCUT2D eigenvalue weighted by Gasteiger charge is 2.36. The van der Waals surface area contributed by atoms with Crippen LogP contribution in [0.25, 0.3) is 4.96 Å². The number of esters is 1. The molecule has 0 bridgehead atoms. The van der Waals surface area contributed by atoms with E-state index in [1.807, 2.05) is 31.2 Å². The minimum atomic E-state index is -0.524. The van der Waals surface area contributed by atoms with Crippen molar-refractivity contribution in [3.05, 3.63) is 63.5 Å². The fourth-order valence-electron chi connectivity index (χ4n) is 3.40. The fraction of sp³-hybridized carbons (Fsp3) is 0.300. The van der Waals surface area contributed by atoms with Gasteiger partial charge in [-0.1, -0.05) is 25.1 Å². The summed E-state index contributed by atoms with van der Waals surface area (Å²) in [5.41, 5.74) is 2.11. The summed E-state index contributed by atoms with van der Waals surface area (Å²) < 4.78 is 6.80. The minimum absolute atomic E-state index is 0.0841. The predicted octanol–water partition coefficient (Wildman–Crippen LogP) is 2.41. The van der Waals surface area contributed by atoms with Gasteiger partial charge in [0.2, 0.25) is 5.91 Å². The lowest BCUT2D eigenvalue weighted by atomic mass is 10.1. The van der Waals surface area contributed by atoms with Gasteiger partial charge in [0.25, 0.3) is 5.56 Å². The maximum Gasteiger partial charge on any atom is 0.311 e. The zero-order valence-electron chi connectivity index (χ0n) is 15.3. The number of hydrogen-bond donors (Lipinski definition) is 0. The maximum absolute atomic E-state index is 12.5. The third-order valence-electron chi connectivity index (χ3n) is 4.84. The molecule has 2 aromatic heterocycles. The number of carbonyl (C=O) groups excluding carboxylic acids is 2. The van der Waals surface area contributed by atoms with E-state index in [0.717, 1.165) is 17.7 Å². The molecule has 144 valence electrons. The molecule has 1 amide bonds. The summed E-state index contributed by atoms with van der Waals surface area (Å²) in [7, 11) is 0. The number of anilines is 1. The molecule has 28 heavy (non-hydrogen) atoms. The van der Waals surface area contributed by atoms with Crippen LogP contribution in [0, 0.1) is 5.92 Å². The molecule has 0 spiro atoms. The molecular formula is C20H19N3O4S. The van der Waals surface area contributed by atoms with Crippen molar-refractivity contribution in [2.75, 3.05) is 11.4 Å². The molecule has 1 aliphatic heterocycles. The van der Waals surface area contributed by atoms with Crippen LogP contribution in [-0.4, -0.2) is 27.8 Å². The summed E-state index contributed by atoms with van der Waals surface area (Å²) in [5, 5.41) is 1.77. The third kappa shape index (κ3) is 3.43. The summed E-state index contributed by atoms with van der Waals surface area (Å²) in [4.78, 5) is 43.5. The van der Waals surface area contributed by atoms with Crippen molar-refractivity contribution in [1.82, 2.24) is 9.38 Å². The van der Waals surface area contributed by atoms with Crippen molar-refractivity contribution in [3.63, 3.8) is 0 Å². The van der Waals surface area contributed by atoms with E-state index >= 15 is 0 Å². The van der Waals surface area contributed by atoms with Crippen LogP contribution in [0.5, 0.6) is 0 Å². The predicted molar refractivity (Wildman–Crippen MR) is 105 cm³/mol. The van der Waals surface area contributed by atoms with Crippen LogP contribution in [0.4, 0.5) is 5.69 Å². The second-order valence-electron chi connectivity index (χ2n) is 6.64. The van der Waals surface area contributed by atoms with Gasteiger partial charge in [-0.05, 0) is 18.1 Å². The van der Waals surface area contributed by atoms with Crippen molar-refractivity contribution in [3.8, 4) is 0 Å². The average molecular weight is 397 g/mol. The van der Waals surface area contributed by atoms with Gasteiger partial charge >= 0.3 is 5.97 Å². The van der Waals surface area contributed by atoms with Gasteiger partial charge in [-0.25, -0.2) is 4.98 Å². The van der Waals surface area contributed by atoms with Gasteiger partial charge in [0, 0.05) is 36.3 Å². The van der Waals surface area contributed by atoms with Gasteiger partial charge < -0.3 is 9.64 Å². The van der Waals surface area contributed by atoms with E-state index in [0.29, 0.717) is 17.2 Å². The summed E-state index contributed by atoms with van der Waals surface area (Å²) in [6.45, 7) is 2.25. The summed E-state index contributed by atoms with van der Waals surface area (Å²) in [6, 6.07) is 9.07. The molecule has 7 nitrogen and oxygen atoms in total. The molecule has 1 aliphatic rings. The molecule has 0 saturated carbocycles. The number of hydrogen-bond acceptors (Lipinski definition) is 6. The van der Waals surface area contributed by atoms with Gasteiger partial charge in [-0.3, -0.25) is 18.8 Å². The monoisotopic (exact) mass is 397 g/mol. The van der Waals surface area contributed by atoms with Crippen LogP contribution < -0.4 is 10.5 Å². The van der Waals surface area contributed by atoms with Gasteiger partial charge in [0.15, 0.2) is 4.96 Å². The number of thiazole rings is 1. The Bertz CT molecular complexity index is 1100. The lowest BCUT2D eigenvalue weighted by Gasteiger charge is -2.19. The Morgan fingerprint density at radius 1 is 1.32 bits per heavy atom. The number of ether oxygens (including phenoxy) is 1. The second kappa shape index (κ2) is 7.55. The smallest absolute Gasteiger partial charge is 0.311 e. The van der Waals surface area contributed by atoms with E-state index in [9.17, 15) is 14.4 Å². The minimum Gasteiger partial charge on any atom is -0.459 e. The molecule has 3 aromatic rings. The van der Waals surface area contributed by atoms with Crippen molar-refractivity contribution >= 4 is 33.9 Å². The number of fused-ring (bicyclic) bond motifs is 1. The Morgan fingerprint density at radius 2 is 2.14 bits per heavy atom. The van der Waals surface area contributed by atoms with Crippen molar-refractivity contribution in [1.29, 1.82) is 0 Å². The fourth-order valence-corrected chi connectivity index (χ4v) is 4.13. The molecule has 0 aliphatic carbocycles. The maximum atomic E-state index is 12.5. The zero-order chi connectivity index (χ0) is 19.7. The van der Waals surface area contributed by atoms with Crippen LogP contribution in [0.1, 0.15) is 24.6 Å². The van der Waals surface area contributed by atoms with E-state index in [2.05, 4.69) is 4.98 Å². The summed E-state index contributed by atoms with van der Waals surface area (Å²) >= 11 is 1.34. The Hall–Kier alpha value is -3.00. The number of aromatic nitrogens is 2. The molecule has 0 N–H and O–H groups in total. The van der Waals surface area contributed by atoms with Crippen LogP contribution in [-0.2, 0) is 27.4 Å². The number of para-hydroxylation sites is 1. The molecular weight excluding hydrogens is 378 g/mol. The van der Waals surface area contributed by atoms with Crippen molar-refractivity contribution in [2.45, 2.75) is 26.4 Å². The standard InChI is InChI=1S/C20H19N3O4S/c1-2-13-5-3-4-6-16(13)23-11-14(9-17(23)24)19(26)27-12-15-10-18(25)22-7-8-28-20(22)21-15/h3-8,10,14H,2,9,11-12H2,1H3/t14-/m1/s1. The van der Waals surface area contributed by atoms with E-state index in [4.69, 9.17) is 4.74 Å². The number of carbonyl (C=O) groups is 2. The van der Waals surface area contributed by atoms with Gasteiger partial charge in [-0.15, -0.1) is 11.3 Å². The molecule has 8 heteroatoms. The van der Waals surface area contributed by atoms with E-state index in [1.54, 1.807) is 16.5 Å². The zero-order valence-corrected chi connectivity index (χ0v) is 16.1. The Morgan fingerprint density at radius 3 is 2.96 bits per heavy atom. The highest BCUT2D eigenvalue weighted by atomic mass is 32.1. The van der Waals surface area contributed by atoms with Gasteiger partial charge in [-0.2, -0.15) is 0 Å². The molecule has 1 saturated heterocycles. The molecule has 4 rings (SSSR count). The highest BCUT2D eigenvalue weighted by Crippen LogP contribution is 2.29. The number of benzene rings is 1. The van der Waals surface area contributed by atoms with Crippen molar-refractivity contribution < 1.29 is 14.3 Å². The third-order valence-corrected chi connectivity index (χ3v) is 5.60. The summed E-state index contributed by atoms with van der Waals surface area (Å²) in [5.74, 6) is -1.05. The van der Waals surface area contributed by atoms with E-state index in [1.165, 1.54) is 21.8 Å². The lowest BCUT2D eigenvalue weighted by molar-refractivity contribution is -0.149. The largest absolute Gasteiger partial charge is 0.459 e. The number of aryl methyl sites for hydroxylation is 1. The van der Waals surface area contributed by atoms with E-state index < -0.39 is 11.9 Å². The molecule has 1 atom stereocenters. The molecule has 1 aromatic carbocycles. The van der Waals surface area contributed by atoms with Gasteiger partial charge in [0.1, 0.15) is 6.61 Å². The second-order valence-corrected chi connectivity index (χ2v) is 7.51. The summed E-state index contributed by atoms with van der Waals surface area (Å²) in [6.07, 6.45) is 2.58. The van der Waals surface area contributed by atoms with E-state index in [-0.39, 0.29) is 24.5 Å². The molecule has 1 fully saturated rings. The lowest BCUT2D eigenvalue weighted by Crippen LogP contribution is -2.27. The van der Waals surface area contributed by atoms with Crippen LogP contribution in [0.2, 0.25) is 0 Å². The van der Waals surface area contributed by atoms with Gasteiger partial charge in [0.05, 0.1) is 11.6 Å². The first-order valence-corrected chi connectivity index (χ1v) is 9.95. The Balaban J connectivity index is 1.44. The highest BCUT2D eigenvalue weighted by molar-refractivity contribution is 7.15. The van der Waals surface area contributed by atoms with Crippen molar-refractivity contribution in [2.24, 2.45) is 5.92 Å². The Kier molecular flexibility index (Phi) is 4.95. The molecule has 0 radical (unpaired) electrons. The number of amides is 1. The first-order valence-electron chi connectivity index (χ1n) is 9.07. The van der Waals surface area contributed by atoms with Crippen LogP contribution in [0.15, 0.2) is 46.7 Å². The van der Waals surface area contributed by atoms with Crippen LogP contribution >= 0.6 is 11.3 Å². The average Bonchev–Trinajstić information content (AvgIpc) is 3.33. The number of rotatable bonds is 5. The molecule has 0 unspecified atom stereocenters. The Labute approximate surface area is 165 Å². The quantitative estimate of drug-likeness (QED) is 0.618. The first-order chi connectivity index (χ1) is 13.6. The first kappa shape index (κ1) is 18.4. The number of nitrogens with zero attached hydrogens (tertiary/aromatic N) is 3. The normalized spacial score (nSPS) is 16.7. The SMILES string of the molecule is CCc1ccccc1N1C[C@H](C(=O)OCc2cc(=O)n3ccsc3n2)CC1=O.